The van der Waals surface area contributed by atoms with E-state index in [0.717, 1.165) is 5.56 Å². The van der Waals surface area contributed by atoms with Crippen molar-refractivity contribution >= 4 is 17.5 Å². The van der Waals surface area contributed by atoms with Gasteiger partial charge < -0.3 is 15.6 Å². The number of benzene rings is 1. The van der Waals surface area contributed by atoms with E-state index in [2.05, 4.69) is 10.5 Å². The van der Waals surface area contributed by atoms with E-state index >= 15 is 0 Å². The lowest BCUT2D eigenvalue weighted by Crippen LogP contribution is -2.31. The number of nitrogens with one attached hydrogen (secondary N) is 1. The van der Waals surface area contributed by atoms with Crippen LogP contribution in [-0.2, 0) is 0 Å². The minimum absolute atomic E-state index is 0.171. The van der Waals surface area contributed by atoms with Crippen molar-refractivity contribution in [1.29, 1.82) is 0 Å². The van der Waals surface area contributed by atoms with Gasteiger partial charge in [-0.2, -0.15) is 0 Å². The molecule has 5 nitrogen and oxygen atoms in total. The van der Waals surface area contributed by atoms with Gasteiger partial charge >= 0.3 is 0 Å². The summed E-state index contributed by atoms with van der Waals surface area (Å²) in [5.41, 5.74) is 6.87. The Morgan fingerprint density at radius 1 is 1.50 bits per heavy atom. The predicted octanol–water partition coefficient (Wildman–Crippen LogP) is 2.32. The molecule has 1 heterocycles. The van der Waals surface area contributed by atoms with Crippen LogP contribution in [0.25, 0.3) is 11.3 Å². The first kappa shape index (κ1) is 14.6. The molecule has 3 N–H and O–H groups in total. The van der Waals surface area contributed by atoms with E-state index in [1.165, 1.54) is 0 Å². The molecule has 2 rings (SSSR count). The van der Waals surface area contributed by atoms with Crippen LogP contribution < -0.4 is 11.1 Å². The third-order valence-corrected chi connectivity index (χ3v) is 3.10. The highest BCUT2D eigenvalue weighted by atomic mass is 35.5. The van der Waals surface area contributed by atoms with Crippen LogP contribution in [0.1, 0.15) is 17.5 Å². The lowest BCUT2D eigenvalue weighted by Gasteiger charge is -2.07. The second kappa shape index (κ2) is 6.54. The smallest absolute Gasteiger partial charge is 0.289 e. The number of nitrogens with zero attached hydrogens (tertiary/aromatic N) is 1. The second-order valence-corrected chi connectivity index (χ2v) is 5.07. The molecular formula is C14H16ClN3O2. The number of carbonyl (C=O) groups is 1. The number of rotatable bonds is 5. The average Bonchev–Trinajstić information content (AvgIpc) is 2.94. The number of amides is 1. The average molecular weight is 294 g/mol. The lowest BCUT2D eigenvalue weighted by molar-refractivity contribution is 0.0911. The minimum Gasteiger partial charge on any atom is -0.350 e. The van der Waals surface area contributed by atoms with Gasteiger partial charge in [-0.25, -0.2) is 0 Å². The van der Waals surface area contributed by atoms with Gasteiger partial charge in [-0.15, -0.1) is 0 Å². The fraction of sp³-hybridized carbons (Fsp3) is 0.286. The monoisotopic (exact) mass is 293 g/mol. The van der Waals surface area contributed by atoms with Crippen LogP contribution in [0, 0.1) is 5.92 Å². The molecule has 1 atom stereocenters. The van der Waals surface area contributed by atoms with Crippen LogP contribution in [-0.4, -0.2) is 24.2 Å². The van der Waals surface area contributed by atoms with E-state index in [1.807, 2.05) is 19.1 Å². The Labute approximate surface area is 122 Å². The maximum absolute atomic E-state index is 11.9. The molecule has 1 unspecified atom stereocenters. The van der Waals surface area contributed by atoms with Crippen LogP contribution in [0.2, 0.25) is 5.02 Å². The van der Waals surface area contributed by atoms with E-state index < -0.39 is 0 Å². The number of hydrogen-bond acceptors (Lipinski definition) is 4. The molecule has 0 aliphatic carbocycles. The van der Waals surface area contributed by atoms with Crippen LogP contribution >= 0.6 is 11.6 Å². The topological polar surface area (TPSA) is 81.1 Å². The molecule has 0 saturated heterocycles. The van der Waals surface area contributed by atoms with Crippen molar-refractivity contribution in [3.8, 4) is 11.3 Å². The van der Waals surface area contributed by atoms with Gasteiger partial charge in [-0.3, -0.25) is 4.79 Å². The van der Waals surface area contributed by atoms with Gasteiger partial charge in [0.2, 0.25) is 5.76 Å². The molecule has 1 aromatic heterocycles. The van der Waals surface area contributed by atoms with E-state index in [-0.39, 0.29) is 17.6 Å². The second-order valence-electron chi connectivity index (χ2n) is 4.64. The highest BCUT2D eigenvalue weighted by molar-refractivity contribution is 6.30. The minimum atomic E-state index is -0.300. The van der Waals surface area contributed by atoms with Crippen molar-refractivity contribution in [2.24, 2.45) is 11.7 Å². The molecule has 6 heteroatoms. The molecule has 0 aliphatic rings. The normalized spacial score (nSPS) is 12.2. The highest BCUT2D eigenvalue weighted by Gasteiger charge is 2.14. The summed E-state index contributed by atoms with van der Waals surface area (Å²) in [4.78, 5) is 11.9. The third kappa shape index (κ3) is 3.59. The molecule has 0 spiro atoms. The van der Waals surface area contributed by atoms with Gasteiger partial charge in [-0.05, 0) is 24.6 Å². The zero-order valence-electron chi connectivity index (χ0n) is 11.1. The summed E-state index contributed by atoms with van der Waals surface area (Å²) in [5.74, 6) is 0.0875. The Kier molecular flexibility index (Phi) is 4.76. The first-order chi connectivity index (χ1) is 9.60. The summed E-state index contributed by atoms with van der Waals surface area (Å²) in [6, 6.07) is 8.79. The summed E-state index contributed by atoms with van der Waals surface area (Å²) in [5, 5.41) is 7.23. The number of halogens is 1. The van der Waals surface area contributed by atoms with Crippen LogP contribution in [0.4, 0.5) is 0 Å². The summed E-state index contributed by atoms with van der Waals surface area (Å²) < 4.78 is 5.05. The quantitative estimate of drug-likeness (QED) is 0.886. The molecule has 0 fully saturated rings. The standard InChI is InChI=1S/C14H16ClN3O2/c1-9(7-16)8-17-14(19)13-6-12(18-20-13)10-3-2-4-11(15)5-10/h2-6,9H,7-8,16H2,1H3,(H,17,19). The molecule has 0 radical (unpaired) electrons. The van der Waals surface area contributed by atoms with Crippen molar-refractivity contribution in [1.82, 2.24) is 10.5 Å². The number of aromatic nitrogens is 1. The zero-order chi connectivity index (χ0) is 14.5. The molecule has 0 saturated carbocycles. The summed E-state index contributed by atoms with van der Waals surface area (Å²) in [6.45, 7) is 2.98. The Bertz CT molecular complexity index is 598. The largest absolute Gasteiger partial charge is 0.350 e. The first-order valence-corrected chi connectivity index (χ1v) is 6.69. The van der Waals surface area contributed by atoms with Crippen molar-refractivity contribution in [3.63, 3.8) is 0 Å². The molecular weight excluding hydrogens is 278 g/mol. The van der Waals surface area contributed by atoms with Gasteiger partial charge in [0.15, 0.2) is 0 Å². The summed E-state index contributed by atoms with van der Waals surface area (Å²) in [6.07, 6.45) is 0. The maximum Gasteiger partial charge on any atom is 0.289 e. The molecule has 106 valence electrons. The van der Waals surface area contributed by atoms with Gasteiger partial charge in [0.05, 0.1) is 0 Å². The molecule has 20 heavy (non-hydrogen) atoms. The van der Waals surface area contributed by atoms with Gasteiger partial charge in [-0.1, -0.05) is 35.8 Å². The van der Waals surface area contributed by atoms with Crippen molar-refractivity contribution in [3.05, 3.63) is 41.1 Å². The zero-order valence-corrected chi connectivity index (χ0v) is 11.9. The van der Waals surface area contributed by atoms with E-state index in [0.29, 0.717) is 23.8 Å². The number of nitrogens with two attached hydrogens (primary N) is 1. The van der Waals surface area contributed by atoms with Crippen molar-refractivity contribution < 1.29 is 9.32 Å². The molecule has 1 amide bonds. The van der Waals surface area contributed by atoms with Crippen LogP contribution in [0.15, 0.2) is 34.9 Å². The molecule has 0 bridgehead atoms. The predicted molar refractivity (Wildman–Crippen MR) is 77.5 cm³/mol. The van der Waals surface area contributed by atoms with Gasteiger partial charge in [0.1, 0.15) is 5.69 Å². The van der Waals surface area contributed by atoms with Crippen LogP contribution in [0.3, 0.4) is 0 Å². The maximum atomic E-state index is 11.9. The Hall–Kier alpha value is -1.85. The summed E-state index contributed by atoms with van der Waals surface area (Å²) >= 11 is 5.92. The van der Waals surface area contributed by atoms with E-state index in [4.69, 9.17) is 21.9 Å². The number of carbonyl (C=O) groups excluding carboxylic acids is 1. The highest BCUT2D eigenvalue weighted by Crippen LogP contribution is 2.22. The molecule has 1 aromatic carbocycles. The molecule has 0 aliphatic heterocycles. The van der Waals surface area contributed by atoms with Crippen molar-refractivity contribution in [2.45, 2.75) is 6.92 Å². The van der Waals surface area contributed by atoms with Crippen molar-refractivity contribution in [2.75, 3.05) is 13.1 Å². The fourth-order valence-corrected chi connectivity index (χ4v) is 1.79. The fourth-order valence-electron chi connectivity index (χ4n) is 1.60. The van der Waals surface area contributed by atoms with Gasteiger partial charge in [0.25, 0.3) is 5.91 Å². The number of hydrogen-bond donors (Lipinski definition) is 2. The Morgan fingerprint density at radius 3 is 3.00 bits per heavy atom. The SMILES string of the molecule is CC(CN)CNC(=O)c1cc(-c2cccc(Cl)c2)no1. The van der Waals surface area contributed by atoms with E-state index in [1.54, 1.807) is 18.2 Å². The molecule has 2 aromatic rings. The van der Waals surface area contributed by atoms with E-state index in [9.17, 15) is 4.79 Å². The lowest BCUT2D eigenvalue weighted by atomic mass is 10.1. The third-order valence-electron chi connectivity index (χ3n) is 2.87. The summed E-state index contributed by atoms with van der Waals surface area (Å²) in [7, 11) is 0. The van der Waals surface area contributed by atoms with Gasteiger partial charge in [0, 0.05) is 23.2 Å². The Morgan fingerprint density at radius 2 is 2.30 bits per heavy atom. The first-order valence-electron chi connectivity index (χ1n) is 6.31. The van der Waals surface area contributed by atoms with Crippen LogP contribution in [0.5, 0.6) is 0 Å². The Balaban J connectivity index is 2.07.